The highest BCUT2D eigenvalue weighted by molar-refractivity contribution is 5.22. The monoisotopic (exact) mass is 293 g/mol. The summed E-state index contributed by atoms with van der Waals surface area (Å²) in [5, 5.41) is 3.79. The Morgan fingerprint density at radius 1 is 1.10 bits per heavy atom. The topological polar surface area (TPSA) is 21.3 Å². The number of nitrogens with one attached hydrogen (secondary N) is 1. The Kier molecular flexibility index (Phi) is 5.05. The Bertz CT molecular complexity index is 441. The normalized spacial score (nSPS) is 28.4. The molecule has 1 aromatic rings. The van der Waals surface area contributed by atoms with Crippen molar-refractivity contribution in [3.05, 3.63) is 35.6 Å². The minimum atomic E-state index is -0.181. The van der Waals surface area contributed by atoms with Crippen molar-refractivity contribution >= 4 is 0 Å². The van der Waals surface area contributed by atoms with Gasteiger partial charge in [-0.1, -0.05) is 32.9 Å². The maximum atomic E-state index is 13.2. The first-order valence-electron chi connectivity index (χ1n) is 7.92. The number of ether oxygens (including phenoxy) is 1. The average molecular weight is 293 g/mol. The van der Waals surface area contributed by atoms with Crippen LogP contribution in [0.2, 0.25) is 0 Å². The van der Waals surface area contributed by atoms with E-state index >= 15 is 0 Å². The Hall–Kier alpha value is -0.930. The number of hydrogen-bond donors (Lipinski definition) is 1. The summed E-state index contributed by atoms with van der Waals surface area (Å²) in [4.78, 5) is 0. The summed E-state index contributed by atoms with van der Waals surface area (Å²) in [5.41, 5.74) is 1.22. The van der Waals surface area contributed by atoms with E-state index in [4.69, 9.17) is 4.74 Å². The minimum Gasteiger partial charge on any atom is -0.375 e. The SMILES string of the molecule is CC1CC(NC(c2ccc(F)cc2)C(C)(C)C)CC(C)O1. The number of hydrogen-bond acceptors (Lipinski definition) is 2. The molecule has 1 heterocycles. The van der Waals surface area contributed by atoms with E-state index in [1.807, 2.05) is 12.1 Å². The van der Waals surface area contributed by atoms with Gasteiger partial charge < -0.3 is 10.1 Å². The van der Waals surface area contributed by atoms with Crippen LogP contribution in [0.15, 0.2) is 24.3 Å². The fourth-order valence-electron chi connectivity index (χ4n) is 3.28. The van der Waals surface area contributed by atoms with Crippen LogP contribution in [-0.4, -0.2) is 18.2 Å². The molecule has 3 heteroatoms. The number of benzene rings is 1. The van der Waals surface area contributed by atoms with Gasteiger partial charge in [-0.2, -0.15) is 0 Å². The van der Waals surface area contributed by atoms with Gasteiger partial charge in [0, 0.05) is 12.1 Å². The Morgan fingerprint density at radius 3 is 2.10 bits per heavy atom. The van der Waals surface area contributed by atoms with Gasteiger partial charge in [-0.25, -0.2) is 4.39 Å². The minimum absolute atomic E-state index is 0.0720. The molecule has 3 unspecified atom stereocenters. The van der Waals surface area contributed by atoms with E-state index in [-0.39, 0.29) is 17.3 Å². The first-order valence-corrected chi connectivity index (χ1v) is 7.92. The van der Waals surface area contributed by atoms with E-state index in [0.29, 0.717) is 18.2 Å². The van der Waals surface area contributed by atoms with Gasteiger partial charge in [0.2, 0.25) is 0 Å². The van der Waals surface area contributed by atoms with Crippen molar-refractivity contribution in [1.82, 2.24) is 5.32 Å². The van der Waals surface area contributed by atoms with Crippen LogP contribution in [0.5, 0.6) is 0 Å². The van der Waals surface area contributed by atoms with Crippen molar-refractivity contribution in [3.8, 4) is 0 Å². The third-order valence-corrected chi connectivity index (χ3v) is 4.17. The second kappa shape index (κ2) is 6.45. The molecule has 0 radical (unpaired) electrons. The zero-order chi connectivity index (χ0) is 15.6. The summed E-state index contributed by atoms with van der Waals surface area (Å²) < 4.78 is 19.0. The Labute approximate surface area is 128 Å². The molecule has 21 heavy (non-hydrogen) atoms. The molecule has 0 bridgehead atoms. The lowest BCUT2D eigenvalue weighted by Crippen LogP contribution is -2.45. The molecule has 3 atom stereocenters. The maximum Gasteiger partial charge on any atom is 0.123 e. The van der Waals surface area contributed by atoms with Gasteiger partial charge in [-0.15, -0.1) is 0 Å². The molecule has 1 fully saturated rings. The lowest BCUT2D eigenvalue weighted by Gasteiger charge is -2.39. The molecule has 1 aliphatic rings. The van der Waals surface area contributed by atoms with Crippen molar-refractivity contribution in [2.45, 2.75) is 71.8 Å². The Balaban J connectivity index is 2.15. The van der Waals surface area contributed by atoms with Gasteiger partial charge in [0.15, 0.2) is 0 Å². The molecule has 0 aromatic heterocycles. The Morgan fingerprint density at radius 2 is 1.62 bits per heavy atom. The predicted octanol–water partition coefficient (Wildman–Crippen LogP) is 4.46. The highest BCUT2D eigenvalue weighted by Crippen LogP contribution is 2.34. The van der Waals surface area contributed by atoms with Gasteiger partial charge in [-0.05, 0) is 49.8 Å². The van der Waals surface area contributed by atoms with Crippen LogP contribution < -0.4 is 5.32 Å². The van der Waals surface area contributed by atoms with Crippen molar-refractivity contribution < 1.29 is 9.13 Å². The number of halogens is 1. The van der Waals surface area contributed by atoms with E-state index in [0.717, 1.165) is 18.4 Å². The van der Waals surface area contributed by atoms with Crippen LogP contribution in [0.25, 0.3) is 0 Å². The predicted molar refractivity (Wildman–Crippen MR) is 84.8 cm³/mol. The molecule has 1 aromatic carbocycles. The van der Waals surface area contributed by atoms with Crippen molar-refractivity contribution in [2.75, 3.05) is 0 Å². The first-order chi connectivity index (χ1) is 9.75. The van der Waals surface area contributed by atoms with E-state index in [1.165, 1.54) is 0 Å². The third kappa shape index (κ3) is 4.52. The van der Waals surface area contributed by atoms with Crippen molar-refractivity contribution in [1.29, 1.82) is 0 Å². The average Bonchev–Trinajstić information content (AvgIpc) is 2.35. The van der Waals surface area contributed by atoms with Crippen LogP contribution in [0.3, 0.4) is 0 Å². The standard InChI is InChI=1S/C18H28FNO/c1-12-10-16(11-13(2)21-12)20-17(18(3,4)5)14-6-8-15(19)9-7-14/h6-9,12-13,16-17,20H,10-11H2,1-5H3. The fourth-order valence-corrected chi connectivity index (χ4v) is 3.28. The molecule has 1 N–H and O–H groups in total. The zero-order valence-electron chi connectivity index (χ0n) is 13.8. The number of rotatable bonds is 3. The van der Waals surface area contributed by atoms with E-state index < -0.39 is 0 Å². The van der Waals surface area contributed by atoms with Crippen LogP contribution in [-0.2, 0) is 4.74 Å². The lowest BCUT2D eigenvalue weighted by molar-refractivity contribution is -0.0457. The van der Waals surface area contributed by atoms with Gasteiger partial charge >= 0.3 is 0 Å². The molecular formula is C18H28FNO. The highest BCUT2D eigenvalue weighted by atomic mass is 19.1. The van der Waals surface area contributed by atoms with Crippen LogP contribution in [0.1, 0.15) is 59.1 Å². The molecule has 1 saturated heterocycles. The molecule has 2 rings (SSSR count). The summed E-state index contributed by atoms with van der Waals surface area (Å²) in [7, 11) is 0. The van der Waals surface area contributed by atoms with E-state index in [1.54, 1.807) is 12.1 Å². The fraction of sp³-hybridized carbons (Fsp3) is 0.667. The first kappa shape index (κ1) is 16.4. The largest absolute Gasteiger partial charge is 0.375 e. The quantitative estimate of drug-likeness (QED) is 0.888. The van der Waals surface area contributed by atoms with Crippen LogP contribution >= 0.6 is 0 Å². The second-order valence-corrected chi connectivity index (χ2v) is 7.44. The summed E-state index contributed by atoms with van der Waals surface area (Å²) in [6.45, 7) is 10.9. The molecular weight excluding hydrogens is 265 g/mol. The summed E-state index contributed by atoms with van der Waals surface area (Å²) >= 11 is 0. The van der Waals surface area contributed by atoms with Gasteiger partial charge in [-0.3, -0.25) is 0 Å². The smallest absolute Gasteiger partial charge is 0.123 e. The van der Waals surface area contributed by atoms with E-state index in [2.05, 4.69) is 39.9 Å². The molecule has 0 aliphatic carbocycles. The summed E-state index contributed by atoms with van der Waals surface area (Å²) in [5.74, 6) is -0.181. The van der Waals surface area contributed by atoms with Crippen molar-refractivity contribution in [2.24, 2.45) is 5.41 Å². The molecule has 0 saturated carbocycles. The van der Waals surface area contributed by atoms with Gasteiger partial charge in [0.25, 0.3) is 0 Å². The zero-order valence-corrected chi connectivity index (χ0v) is 13.8. The molecule has 0 spiro atoms. The van der Waals surface area contributed by atoms with Crippen molar-refractivity contribution in [3.63, 3.8) is 0 Å². The lowest BCUT2D eigenvalue weighted by atomic mass is 9.81. The summed E-state index contributed by atoms with van der Waals surface area (Å²) in [6.07, 6.45) is 2.64. The van der Waals surface area contributed by atoms with Gasteiger partial charge in [0.05, 0.1) is 12.2 Å². The molecule has 1 aliphatic heterocycles. The second-order valence-electron chi connectivity index (χ2n) is 7.44. The highest BCUT2D eigenvalue weighted by Gasteiger charge is 2.31. The third-order valence-electron chi connectivity index (χ3n) is 4.17. The molecule has 118 valence electrons. The maximum absolute atomic E-state index is 13.2. The molecule has 0 amide bonds. The van der Waals surface area contributed by atoms with Gasteiger partial charge in [0.1, 0.15) is 5.82 Å². The summed E-state index contributed by atoms with van der Waals surface area (Å²) in [6, 6.07) is 7.53. The van der Waals surface area contributed by atoms with E-state index in [9.17, 15) is 4.39 Å². The van der Waals surface area contributed by atoms with Crippen LogP contribution in [0.4, 0.5) is 4.39 Å². The van der Waals surface area contributed by atoms with Crippen LogP contribution in [0, 0.1) is 11.2 Å². The molecule has 2 nitrogen and oxygen atoms in total.